The van der Waals surface area contributed by atoms with Crippen LogP contribution in [-0.2, 0) is 4.79 Å². The van der Waals surface area contributed by atoms with Crippen molar-refractivity contribution in [2.75, 3.05) is 13.2 Å². The number of ether oxygens (including phenoxy) is 1. The average Bonchev–Trinajstić information content (AvgIpc) is 2.39. The third kappa shape index (κ3) is 4.44. The first-order chi connectivity index (χ1) is 8.67. The van der Waals surface area contributed by atoms with Gasteiger partial charge in [-0.15, -0.1) is 0 Å². The minimum Gasteiger partial charge on any atom is -0.481 e. The number of nitrogens with one attached hydrogen (secondary N) is 1. The molecule has 0 saturated heterocycles. The van der Waals surface area contributed by atoms with Gasteiger partial charge in [0.25, 0.3) is 5.91 Å². The second-order valence-corrected chi connectivity index (χ2v) is 3.77. The summed E-state index contributed by atoms with van der Waals surface area (Å²) >= 11 is 0. The predicted octanol–water partition coefficient (Wildman–Crippen LogP) is 0.824. The maximum absolute atomic E-state index is 11.6. The Morgan fingerprint density at radius 2 is 2.39 bits per heavy atom. The number of aliphatic hydroxyl groups excluding tert-OH is 1. The number of hydrogen-bond acceptors (Lipinski definition) is 4. The number of carbonyl (C=O) groups is 1. The molecule has 1 rings (SSSR count). The molecule has 0 radical (unpaired) electrons. The fourth-order valence-corrected chi connectivity index (χ4v) is 1.33. The summed E-state index contributed by atoms with van der Waals surface area (Å²) in [6.07, 6.45) is -0.125. The summed E-state index contributed by atoms with van der Waals surface area (Å²) in [7, 11) is 0. The summed E-state index contributed by atoms with van der Waals surface area (Å²) in [6.45, 7) is 2.09. The third-order valence-corrected chi connectivity index (χ3v) is 2.28. The molecule has 0 saturated carbocycles. The summed E-state index contributed by atoms with van der Waals surface area (Å²) in [5.41, 5.74) is 0.486. The Labute approximate surface area is 106 Å². The molecule has 1 atom stereocenters. The Morgan fingerprint density at radius 3 is 3.06 bits per heavy atom. The molecule has 1 aromatic rings. The first-order valence-electron chi connectivity index (χ1n) is 5.72. The summed E-state index contributed by atoms with van der Waals surface area (Å²) in [5.74, 6) is 0.240. The largest absolute Gasteiger partial charge is 0.481 e. The van der Waals surface area contributed by atoms with Gasteiger partial charge in [0.1, 0.15) is 5.75 Å². The van der Waals surface area contributed by atoms with Gasteiger partial charge in [-0.1, -0.05) is 6.07 Å². The topological polar surface area (TPSA) is 82.3 Å². The second-order valence-electron chi connectivity index (χ2n) is 3.77. The van der Waals surface area contributed by atoms with Crippen LogP contribution in [-0.4, -0.2) is 30.3 Å². The monoisotopic (exact) mass is 248 g/mol. The van der Waals surface area contributed by atoms with E-state index in [9.17, 15) is 4.79 Å². The summed E-state index contributed by atoms with van der Waals surface area (Å²) in [5, 5.41) is 20.0. The minimum absolute atomic E-state index is 0.0414. The molecule has 2 N–H and O–H groups in total. The summed E-state index contributed by atoms with van der Waals surface area (Å²) in [6, 6.07) is 8.64. The molecule has 0 fully saturated rings. The molecule has 1 aromatic carbocycles. The molecule has 96 valence electrons. The minimum atomic E-state index is -0.641. The summed E-state index contributed by atoms with van der Waals surface area (Å²) < 4.78 is 5.42. The van der Waals surface area contributed by atoms with E-state index in [4.69, 9.17) is 15.1 Å². The van der Waals surface area contributed by atoms with Gasteiger partial charge in [-0.3, -0.25) is 4.79 Å². The van der Waals surface area contributed by atoms with E-state index in [1.807, 2.05) is 6.07 Å². The number of benzene rings is 1. The predicted molar refractivity (Wildman–Crippen MR) is 66.0 cm³/mol. The van der Waals surface area contributed by atoms with E-state index in [-0.39, 0.29) is 12.5 Å². The van der Waals surface area contributed by atoms with Crippen LogP contribution in [0.4, 0.5) is 0 Å². The van der Waals surface area contributed by atoms with Crippen LogP contribution in [0.25, 0.3) is 0 Å². The number of amides is 1. The zero-order valence-electron chi connectivity index (χ0n) is 10.2. The van der Waals surface area contributed by atoms with Gasteiger partial charge in [-0.2, -0.15) is 5.26 Å². The zero-order valence-corrected chi connectivity index (χ0v) is 10.2. The van der Waals surface area contributed by atoms with Crippen LogP contribution >= 0.6 is 0 Å². The normalized spacial score (nSPS) is 11.4. The lowest BCUT2D eigenvalue weighted by Gasteiger charge is -2.14. The van der Waals surface area contributed by atoms with E-state index in [1.165, 1.54) is 0 Å². The fourth-order valence-electron chi connectivity index (χ4n) is 1.33. The lowest BCUT2D eigenvalue weighted by atomic mass is 10.2. The van der Waals surface area contributed by atoms with E-state index >= 15 is 0 Å². The zero-order chi connectivity index (χ0) is 13.4. The van der Waals surface area contributed by atoms with E-state index in [0.717, 1.165) is 0 Å². The van der Waals surface area contributed by atoms with Gasteiger partial charge >= 0.3 is 0 Å². The lowest BCUT2D eigenvalue weighted by Crippen LogP contribution is -2.37. The van der Waals surface area contributed by atoms with E-state index < -0.39 is 6.10 Å². The van der Waals surface area contributed by atoms with Crippen molar-refractivity contribution >= 4 is 5.91 Å². The molecule has 0 heterocycles. The quantitative estimate of drug-likeness (QED) is 0.730. The molecule has 0 bridgehead atoms. The number of rotatable bonds is 6. The van der Waals surface area contributed by atoms with Gasteiger partial charge in [0.2, 0.25) is 0 Å². The van der Waals surface area contributed by atoms with E-state index in [0.29, 0.717) is 24.3 Å². The van der Waals surface area contributed by atoms with Crippen LogP contribution in [0.15, 0.2) is 24.3 Å². The summed E-state index contributed by atoms with van der Waals surface area (Å²) in [4.78, 5) is 11.6. The SMILES string of the molecule is CC(Oc1cccc(C#N)c1)C(=O)NCCCO. The fraction of sp³-hybridized carbons (Fsp3) is 0.385. The Balaban J connectivity index is 2.50. The van der Waals surface area contributed by atoms with Crippen molar-refractivity contribution in [3.63, 3.8) is 0 Å². The van der Waals surface area contributed by atoms with Crippen molar-refractivity contribution < 1.29 is 14.6 Å². The Hall–Kier alpha value is -2.06. The van der Waals surface area contributed by atoms with Gasteiger partial charge in [0.05, 0.1) is 11.6 Å². The average molecular weight is 248 g/mol. The van der Waals surface area contributed by atoms with Crippen LogP contribution in [0.1, 0.15) is 18.9 Å². The standard InChI is InChI=1S/C13H16N2O3/c1-10(13(17)15-6-3-7-16)18-12-5-2-4-11(8-12)9-14/h2,4-5,8,10,16H,3,6-7H2,1H3,(H,15,17). The van der Waals surface area contributed by atoms with Gasteiger partial charge in [-0.25, -0.2) is 0 Å². The maximum atomic E-state index is 11.6. The maximum Gasteiger partial charge on any atom is 0.260 e. The molecule has 5 heteroatoms. The lowest BCUT2D eigenvalue weighted by molar-refractivity contribution is -0.127. The Kier molecular flexibility index (Phi) is 5.68. The highest BCUT2D eigenvalue weighted by Crippen LogP contribution is 2.14. The number of nitrogens with zero attached hydrogens (tertiary/aromatic N) is 1. The number of nitriles is 1. The number of carbonyl (C=O) groups excluding carboxylic acids is 1. The molecule has 5 nitrogen and oxygen atoms in total. The number of hydrogen-bond donors (Lipinski definition) is 2. The van der Waals surface area contributed by atoms with Crippen molar-refractivity contribution in [1.82, 2.24) is 5.32 Å². The molecule has 0 aliphatic rings. The Bertz CT molecular complexity index is 440. The van der Waals surface area contributed by atoms with Crippen LogP contribution in [0, 0.1) is 11.3 Å². The van der Waals surface area contributed by atoms with Crippen molar-refractivity contribution in [2.45, 2.75) is 19.4 Å². The molecule has 1 unspecified atom stereocenters. The van der Waals surface area contributed by atoms with Crippen LogP contribution < -0.4 is 10.1 Å². The molecule has 0 aliphatic carbocycles. The molecule has 0 aromatic heterocycles. The highest BCUT2D eigenvalue weighted by atomic mass is 16.5. The first-order valence-corrected chi connectivity index (χ1v) is 5.72. The van der Waals surface area contributed by atoms with Gasteiger partial charge in [0.15, 0.2) is 6.10 Å². The highest BCUT2D eigenvalue weighted by molar-refractivity contribution is 5.80. The van der Waals surface area contributed by atoms with Crippen LogP contribution in [0.3, 0.4) is 0 Å². The highest BCUT2D eigenvalue weighted by Gasteiger charge is 2.13. The van der Waals surface area contributed by atoms with E-state index in [2.05, 4.69) is 5.32 Å². The molecular formula is C13H16N2O3. The first kappa shape index (κ1) is 14.0. The smallest absolute Gasteiger partial charge is 0.260 e. The molecule has 0 aliphatic heterocycles. The van der Waals surface area contributed by atoms with Crippen LogP contribution in [0.5, 0.6) is 5.75 Å². The van der Waals surface area contributed by atoms with Crippen molar-refractivity contribution in [1.29, 1.82) is 5.26 Å². The molecular weight excluding hydrogens is 232 g/mol. The van der Waals surface area contributed by atoms with Crippen molar-refractivity contribution in [2.24, 2.45) is 0 Å². The number of aliphatic hydroxyl groups is 1. The van der Waals surface area contributed by atoms with Crippen molar-refractivity contribution in [3.05, 3.63) is 29.8 Å². The van der Waals surface area contributed by atoms with Gasteiger partial charge < -0.3 is 15.2 Å². The molecule has 0 spiro atoms. The van der Waals surface area contributed by atoms with Gasteiger partial charge in [0, 0.05) is 13.2 Å². The Morgan fingerprint density at radius 1 is 1.61 bits per heavy atom. The van der Waals surface area contributed by atoms with E-state index in [1.54, 1.807) is 31.2 Å². The van der Waals surface area contributed by atoms with Crippen LogP contribution in [0.2, 0.25) is 0 Å². The van der Waals surface area contributed by atoms with Crippen molar-refractivity contribution in [3.8, 4) is 11.8 Å². The molecule has 18 heavy (non-hydrogen) atoms. The second kappa shape index (κ2) is 7.30. The third-order valence-electron chi connectivity index (χ3n) is 2.28. The molecule has 1 amide bonds. The van der Waals surface area contributed by atoms with Gasteiger partial charge in [-0.05, 0) is 31.5 Å².